The summed E-state index contributed by atoms with van der Waals surface area (Å²) in [5.74, 6) is -2.30. The molecule has 1 heterocycles. The lowest BCUT2D eigenvalue weighted by molar-refractivity contribution is -0.136. The van der Waals surface area contributed by atoms with Crippen LogP contribution in [-0.2, 0) is 20.9 Å². The van der Waals surface area contributed by atoms with Crippen LogP contribution in [0, 0.1) is 24.1 Å². The first-order valence-electron chi connectivity index (χ1n) is 9.77. The summed E-state index contributed by atoms with van der Waals surface area (Å²) in [5.41, 5.74) is 1.61. The van der Waals surface area contributed by atoms with Crippen molar-refractivity contribution >= 4 is 35.2 Å². The predicted octanol–water partition coefficient (Wildman–Crippen LogP) is 3.53. The summed E-state index contributed by atoms with van der Waals surface area (Å²) in [6, 6.07) is 16.9. The van der Waals surface area contributed by atoms with E-state index in [0.717, 1.165) is 5.56 Å². The normalized spacial score (nSPS) is 10.8. The Kier molecular flexibility index (Phi) is 7.34. The van der Waals surface area contributed by atoms with Gasteiger partial charge >= 0.3 is 11.8 Å². The third kappa shape index (κ3) is 6.63. The number of hydrogen-bond acceptors (Lipinski definition) is 5. The first-order chi connectivity index (χ1) is 15.8. The van der Waals surface area contributed by atoms with Crippen molar-refractivity contribution in [2.75, 3.05) is 10.6 Å². The van der Waals surface area contributed by atoms with Crippen LogP contribution in [0.5, 0.6) is 0 Å². The van der Waals surface area contributed by atoms with Crippen molar-refractivity contribution in [3.05, 3.63) is 89.1 Å². The van der Waals surface area contributed by atoms with E-state index < -0.39 is 23.5 Å². The molecule has 0 saturated heterocycles. The van der Waals surface area contributed by atoms with E-state index in [0.29, 0.717) is 17.1 Å². The molecule has 0 unspecified atom stereocenters. The molecule has 1 aromatic heterocycles. The zero-order valence-electron chi connectivity index (χ0n) is 17.5. The summed E-state index contributed by atoms with van der Waals surface area (Å²) < 4.78 is 18.5. The lowest BCUT2D eigenvalue weighted by atomic mass is 10.2. The van der Waals surface area contributed by atoms with Crippen LogP contribution in [0.4, 0.5) is 15.8 Å². The van der Waals surface area contributed by atoms with E-state index in [1.54, 1.807) is 30.3 Å². The van der Waals surface area contributed by atoms with Crippen molar-refractivity contribution in [2.24, 2.45) is 0 Å². The number of nitriles is 1. The highest BCUT2D eigenvalue weighted by Crippen LogP contribution is 2.15. The lowest BCUT2D eigenvalue weighted by Crippen LogP contribution is -2.34. The van der Waals surface area contributed by atoms with E-state index in [9.17, 15) is 24.0 Å². The molecule has 0 bridgehead atoms. The number of amides is 3. The predicted molar refractivity (Wildman–Crippen MR) is 119 cm³/mol. The number of carbonyl (C=O) groups is 3. The summed E-state index contributed by atoms with van der Waals surface area (Å²) in [5, 5.41) is 16.7. The monoisotopic (exact) mass is 446 g/mol. The number of hydrogen-bond donors (Lipinski definition) is 3. The molecule has 3 N–H and O–H groups in total. The third-order valence-electron chi connectivity index (χ3n) is 4.38. The quantitative estimate of drug-likeness (QED) is 0.304. The zero-order valence-corrected chi connectivity index (χ0v) is 17.5. The van der Waals surface area contributed by atoms with Crippen molar-refractivity contribution < 1.29 is 23.2 Å². The maximum atomic E-state index is 13.0. The molecule has 2 aromatic carbocycles. The Balaban J connectivity index is 1.56. The highest BCUT2D eigenvalue weighted by Gasteiger charge is 2.15. The standard InChI is InChI=1S/C24H19FN4O4/c1-15-2-6-18(7-3-15)29-24(32)23(31)27-14-21-11-10-20(33-21)12-16(13-26)22(30)28-19-8-4-17(25)5-9-19/h2-12H,14H2,1H3,(H,27,31)(H,28,30)(H,29,32)/b16-12-. The van der Waals surface area contributed by atoms with Gasteiger partial charge in [0.25, 0.3) is 5.91 Å². The maximum Gasteiger partial charge on any atom is 0.313 e. The van der Waals surface area contributed by atoms with Gasteiger partial charge in [0.15, 0.2) is 0 Å². The summed E-state index contributed by atoms with van der Waals surface area (Å²) in [7, 11) is 0. The molecule has 9 heteroatoms. The average Bonchev–Trinajstić information content (AvgIpc) is 3.26. The minimum atomic E-state index is -0.847. The van der Waals surface area contributed by atoms with Crippen molar-refractivity contribution in [1.82, 2.24) is 5.32 Å². The first kappa shape index (κ1) is 23.0. The summed E-state index contributed by atoms with van der Waals surface area (Å²) in [6.45, 7) is 1.83. The minimum absolute atomic E-state index is 0.0718. The molecule has 0 aliphatic rings. The molecule has 0 aliphatic heterocycles. The molecule has 0 atom stereocenters. The number of halogens is 1. The zero-order chi connectivity index (χ0) is 23.8. The van der Waals surface area contributed by atoms with Crippen LogP contribution < -0.4 is 16.0 Å². The molecule has 3 aromatic rings. The number of carbonyl (C=O) groups excluding carboxylic acids is 3. The molecule has 0 aliphatic carbocycles. The molecular weight excluding hydrogens is 427 g/mol. The molecule has 0 radical (unpaired) electrons. The highest BCUT2D eigenvalue weighted by atomic mass is 19.1. The molecule has 33 heavy (non-hydrogen) atoms. The molecule has 3 amide bonds. The van der Waals surface area contributed by atoms with Crippen LogP contribution >= 0.6 is 0 Å². The number of anilines is 2. The van der Waals surface area contributed by atoms with Crippen LogP contribution in [0.1, 0.15) is 17.1 Å². The van der Waals surface area contributed by atoms with E-state index >= 15 is 0 Å². The van der Waals surface area contributed by atoms with Crippen molar-refractivity contribution in [2.45, 2.75) is 13.5 Å². The van der Waals surface area contributed by atoms with Crippen molar-refractivity contribution in [1.29, 1.82) is 5.26 Å². The van der Waals surface area contributed by atoms with Gasteiger partial charge in [0.05, 0.1) is 6.54 Å². The Morgan fingerprint density at radius 3 is 2.15 bits per heavy atom. The van der Waals surface area contributed by atoms with E-state index in [-0.39, 0.29) is 17.9 Å². The van der Waals surface area contributed by atoms with Gasteiger partial charge in [-0.25, -0.2) is 4.39 Å². The minimum Gasteiger partial charge on any atom is -0.460 e. The Labute approximate surface area is 188 Å². The molecule has 0 saturated carbocycles. The fraction of sp³-hybridized carbons (Fsp3) is 0.0833. The van der Waals surface area contributed by atoms with Gasteiger partial charge in [0.1, 0.15) is 29.0 Å². The smallest absolute Gasteiger partial charge is 0.313 e. The molecule has 8 nitrogen and oxygen atoms in total. The van der Waals surface area contributed by atoms with E-state index in [1.807, 2.05) is 6.92 Å². The number of furan rings is 1. The Bertz CT molecular complexity index is 1240. The molecule has 0 fully saturated rings. The van der Waals surface area contributed by atoms with Crippen molar-refractivity contribution in [3.63, 3.8) is 0 Å². The van der Waals surface area contributed by atoms with Gasteiger partial charge in [-0.3, -0.25) is 14.4 Å². The number of aryl methyl sites for hydroxylation is 1. The summed E-state index contributed by atoms with van der Waals surface area (Å²) in [4.78, 5) is 36.3. The Morgan fingerprint density at radius 2 is 1.52 bits per heavy atom. The number of benzene rings is 2. The average molecular weight is 446 g/mol. The number of nitrogens with zero attached hydrogens (tertiary/aromatic N) is 1. The summed E-state index contributed by atoms with van der Waals surface area (Å²) in [6.07, 6.45) is 1.23. The second-order valence-electron chi connectivity index (χ2n) is 6.94. The maximum absolute atomic E-state index is 13.0. The fourth-order valence-corrected chi connectivity index (χ4v) is 2.66. The van der Waals surface area contributed by atoms with Crippen LogP contribution in [0.2, 0.25) is 0 Å². The first-order valence-corrected chi connectivity index (χ1v) is 9.77. The highest BCUT2D eigenvalue weighted by molar-refractivity contribution is 6.39. The third-order valence-corrected chi connectivity index (χ3v) is 4.38. The molecule has 0 spiro atoms. The van der Waals surface area contributed by atoms with Gasteiger partial charge in [-0.1, -0.05) is 17.7 Å². The van der Waals surface area contributed by atoms with Gasteiger partial charge in [0, 0.05) is 17.5 Å². The second kappa shape index (κ2) is 10.5. The van der Waals surface area contributed by atoms with Crippen LogP contribution in [0.15, 0.2) is 70.7 Å². The van der Waals surface area contributed by atoms with E-state index in [1.165, 1.54) is 42.5 Å². The van der Waals surface area contributed by atoms with Crippen LogP contribution in [0.3, 0.4) is 0 Å². The number of nitrogens with one attached hydrogen (secondary N) is 3. The largest absolute Gasteiger partial charge is 0.460 e. The molecular formula is C24H19FN4O4. The lowest BCUT2D eigenvalue weighted by Gasteiger charge is -2.06. The number of rotatable bonds is 6. The van der Waals surface area contributed by atoms with Gasteiger partial charge in [0.2, 0.25) is 0 Å². The van der Waals surface area contributed by atoms with Gasteiger partial charge < -0.3 is 20.4 Å². The molecule has 166 valence electrons. The van der Waals surface area contributed by atoms with Crippen LogP contribution in [0.25, 0.3) is 6.08 Å². The molecule has 3 rings (SSSR count). The Hall–Kier alpha value is -4.71. The van der Waals surface area contributed by atoms with Gasteiger partial charge in [-0.05, 0) is 55.5 Å². The van der Waals surface area contributed by atoms with Crippen molar-refractivity contribution in [3.8, 4) is 6.07 Å². The fourth-order valence-electron chi connectivity index (χ4n) is 2.66. The SMILES string of the molecule is Cc1ccc(NC(=O)C(=O)NCc2ccc(/C=C(/C#N)C(=O)Nc3ccc(F)cc3)o2)cc1. The van der Waals surface area contributed by atoms with E-state index in [2.05, 4.69) is 16.0 Å². The van der Waals surface area contributed by atoms with Gasteiger partial charge in [-0.15, -0.1) is 0 Å². The second-order valence-corrected chi connectivity index (χ2v) is 6.94. The Morgan fingerprint density at radius 1 is 0.909 bits per heavy atom. The van der Waals surface area contributed by atoms with E-state index in [4.69, 9.17) is 4.42 Å². The topological polar surface area (TPSA) is 124 Å². The summed E-state index contributed by atoms with van der Waals surface area (Å²) >= 11 is 0. The van der Waals surface area contributed by atoms with Gasteiger partial charge in [-0.2, -0.15) is 5.26 Å². The van der Waals surface area contributed by atoms with Crippen LogP contribution in [-0.4, -0.2) is 17.7 Å².